The number of hydrogen-bond donors (Lipinski definition) is 2. The second kappa shape index (κ2) is 9.86. The Morgan fingerprint density at radius 1 is 1.03 bits per heavy atom. The SMILES string of the molecule is CCS(=O)(=O)c1ccc(C(O)C(=O)Nc2ccc(-c3ccccc3OC(F)(F)F)c(C)c2)cc1. The van der Waals surface area contributed by atoms with Gasteiger partial charge in [-0.15, -0.1) is 13.2 Å². The molecule has 10 heteroatoms. The molecule has 0 heterocycles. The summed E-state index contributed by atoms with van der Waals surface area (Å²) in [5.74, 6) is -1.17. The van der Waals surface area contributed by atoms with Crippen molar-refractivity contribution in [2.45, 2.75) is 31.2 Å². The highest BCUT2D eigenvalue weighted by atomic mass is 32.2. The van der Waals surface area contributed by atoms with Crippen LogP contribution in [0.5, 0.6) is 5.75 Å². The van der Waals surface area contributed by atoms with Gasteiger partial charge in [0.2, 0.25) is 0 Å². The van der Waals surface area contributed by atoms with E-state index in [-0.39, 0.29) is 27.5 Å². The molecule has 2 N–H and O–H groups in total. The van der Waals surface area contributed by atoms with E-state index in [0.29, 0.717) is 16.8 Å². The van der Waals surface area contributed by atoms with Gasteiger partial charge in [-0.05, 0) is 53.9 Å². The maximum Gasteiger partial charge on any atom is 0.573 e. The zero-order valence-electron chi connectivity index (χ0n) is 18.3. The number of sulfone groups is 1. The molecule has 6 nitrogen and oxygen atoms in total. The summed E-state index contributed by atoms with van der Waals surface area (Å²) < 4.78 is 66.1. The Bertz CT molecular complexity index is 1290. The Morgan fingerprint density at radius 3 is 2.26 bits per heavy atom. The van der Waals surface area contributed by atoms with Crippen LogP contribution < -0.4 is 10.1 Å². The van der Waals surface area contributed by atoms with E-state index in [2.05, 4.69) is 10.1 Å². The normalized spacial score (nSPS) is 12.8. The van der Waals surface area contributed by atoms with E-state index < -0.39 is 28.2 Å². The fraction of sp³-hybridized carbons (Fsp3) is 0.208. The summed E-state index contributed by atoms with van der Waals surface area (Å²) in [5.41, 5.74) is 1.81. The molecule has 3 aromatic carbocycles. The van der Waals surface area contributed by atoms with Crippen LogP contribution in [0.4, 0.5) is 18.9 Å². The fourth-order valence-corrected chi connectivity index (χ4v) is 4.22. The van der Waals surface area contributed by atoms with Crippen molar-refractivity contribution < 1.29 is 36.2 Å². The highest BCUT2D eigenvalue weighted by Crippen LogP contribution is 2.36. The van der Waals surface area contributed by atoms with E-state index >= 15 is 0 Å². The van der Waals surface area contributed by atoms with Gasteiger partial charge >= 0.3 is 6.36 Å². The summed E-state index contributed by atoms with van der Waals surface area (Å²) >= 11 is 0. The molecule has 0 fully saturated rings. The number of hydrogen-bond acceptors (Lipinski definition) is 5. The number of carbonyl (C=O) groups is 1. The van der Waals surface area contributed by atoms with Crippen LogP contribution >= 0.6 is 0 Å². The van der Waals surface area contributed by atoms with E-state index in [4.69, 9.17) is 0 Å². The number of para-hydroxylation sites is 1. The molecule has 0 bridgehead atoms. The van der Waals surface area contributed by atoms with Gasteiger partial charge in [-0.1, -0.05) is 43.3 Å². The van der Waals surface area contributed by atoms with E-state index in [1.165, 1.54) is 55.5 Å². The smallest absolute Gasteiger partial charge is 0.405 e. The van der Waals surface area contributed by atoms with Crippen molar-refractivity contribution in [3.8, 4) is 16.9 Å². The number of aliphatic hydroxyl groups is 1. The number of rotatable bonds is 7. The number of aryl methyl sites for hydroxylation is 1. The van der Waals surface area contributed by atoms with Crippen molar-refractivity contribution >= 4 is 21.4 Å². The highest BCUT2D eigenvalue weighted by Gasteiger charge is 2.32. The quantitative estimate of drug-likeness (QED) is 0.482. The number of amides is 1. The molecule has 0 saturated heterocycles. The molecule has 0 aromatic heterocycles. The molecule has 0 radical (unpaired) electrons. The summed E-state index contributed by atoms with van der Waals surface area (Å²) in [5, 5.41) is 12.9. The van der Waals surface area contributed by atoms with Gasteiger partial charge in [0.05, 0.1) is 10.6 Å². The van der Waals surface area contributed by atoms with Crippen molar-refractivity contribution in [2.75, 3.05) is 11.1 Å². The molecule has 0 aliphatic carbocycles. The molecule has 0 aliphatic rings. The van der Waals surface area contributed by atoms with Crippen LogP contribution in [-0.2, 0) is 14.6 Å². The first-order valence-electron chi connectivity index (χ1n) is 10.2. The average molecular weight is 494 g/mol. The molecule has 3 rings (SSSR count). The number of carbonyl (C=O) groups excluding carboxylic acids is 1. The first-order valence-corrected chi connectivity index (χ1v) is 11.8. The predicted octanol–water partition coefficient (Wildman–Crippen LogP) is 5.03. The Hall–Kier alpha value is -3.37. The zero-order chi connectivity index (χ0) is 25.1. The number of anilines is 1. The summed E-state index contributed by atoms with van der Waals surface area (Å²) in [7, 11) is -3.41. The minimum absolute atomic E-state index is 0.0719. The van der Waals surface area contributed by atoms with Gasteiger partial charge in [0.1, 0.15) is 5.75 Å². The summed E-state index contributed by atoms with van der Waals surface area (Å²) in [6.45, 7) is 3.18. The van der Waals surface area contributed by atoms with Crippen LogP contribution in [0.1, 0.15) is 24.2 Å². The minimum atomic E-state index is -4.84. The number of aliphatic hydroxyl groups excluding tert-OH is 1. The first-order chi connectivity index (χ1) is 15.9. The van der Waals surface area contributed by atoms with Gasteiger partial charge in [0, 0.05) is 11.3 Å². The Morgan fingerprint density at radius 2 is 1.68 bits per heavy atom. The molecule has 0 spiro atoms. The number of ether oxygens (including phenoxy) is 1. The molecule has 180 valence electrons. The molecule has 3 aromatic rings. The molecule has 0 aliphatic heterocycles. The number of nitrogens with one attached hydrogen (secondary N) is 1. The van der Waals surface area contributed by atoms with Crippen LogP contribution in [0.15, 0.2) is 71.6 Å². The monoisotopic (exact) mass is 493 g/mol. The second-order valence-corrected chi connectivity index (χ2v) is 9.72. The minimum Gasteiger partial charge on any atom is -0.405 e. The Labute approximate surface area is 194 Å². The summed E-state index contributed by atoms with van der Waals surface area (Å²) in [6, 6.07) is 15.7. The number of alkyl halides is 3. The van der Waals surface area contributed by atoms with Crippen molar-refractivity contribution in [1.82, 2.24) is 0 Å². The largest absolute Gasteiger partial charge is 0.573 e. The maximum absolute atomic E-state index is 12.7. The van der Waals surface area contributed by atoms with Gasteiger partial charge < -0.3 is 15.2 Å². The summed E-state index contributed by atoms with van der Waals surface area (Å²) in [6.07, 6.45) is -6.40. The zero-order valence-corrected chi connectivity index (χ0v) is 19.1. The van der Waals surface area contributed by atoms with E-state index in [0.717, 1.165) is 0 Å². The van der Waals surface area contributed by atoms with E-state index in [9.17, 15) is 31.5 Å². The molecular weight excluding hydrogens is 471 g/mol. The van der Waals surface area contributed by atoms with Crippen LogP contribution in [0.25, 0.3) is 11.1 Å². The van der Waals surface area contributed by atoms with Crippen molar-refractivity contribution in [3.05, 3.63) is 77.9 Å². The lowest BCUT2D eigenvalue weighted by atomic mass is 9.99. The fourth-order valence-electron chi connectivity index (χ4n) is 3.33. The van der Waals surface area contributed by atoms with Crippen LogP contribution in [0.3, 0.4) is 0 Å². The molecule has 1 unspecified atom stereocenters. The lowest BCUT2D eigenvalue weighted by Gasteiger charge is -2.16. The standard InChI is InChI=1S/C24H22F3NO5S/c1-3-34(31,32)18-11-8-16(9-12-18)22(29)23(30)28-17-10-13-19(15(2)14-17)20-6-4-5-7-21(20)33-24(25,26)27/h4-14,22,29H,3H2,1-2H3,(H,28,30). The van der Waals surface area contributed by atoms with Crippen molar-refractivity contribution in [2.24, 2.45) is 0 Å². The Kier molecular flexibility index (Phi) is 7.32. The van der Waals surface area contributed by atoms with Crippen LogP contribution in [0, 0.1) is 6.92 Å². The van der Waals surface area contributed by atoms with Gasteiger partial charge in [0.15, 0.2) is 15.9 Å². The highest BCUT2D eigenvalue weighted by molar-refractivity contribution is 7.91. The number of halogens is 3. The third kappa shape index (κ3) is 5.95. The molecule has 34 heavy (non-hydrogen) atoms. The average Bonchev–Trinajstić information content (AvgIpc) is 2.78. The molecule has 1 amide bonds. The lowest BCUT2D eigenvalue weighted by molar-refractivity contribution is -0.274. The van der Waals surface area contributed by atoms with E-state index in [1.54, 1.807) is 25.1 Å². The van der Waals surface area contributed by atoms with Gasteiger partial charge in [-0.25, -0.2) is 8.42 Å². The van der Waals surface area contributed by atoms with Gasteiger partial charge in [0.25, 0.3) is 5.91 Å². The van der Waals surface area contributed by atoms with Crippen molar-refractivity contribution in [1.29, 1.82) is 0 Å². The topological polar surface area (TPSA) is 92.7 Å². The maximum atomic E-state index is 12.7. The molecule has 0 saturated carbocycles. The third-order valence-electron chi connectivity index (χ3n) is 5.08. The first kappa shape index (κ1) is 25.3. The third-order valence-corrected chi connectivity index (χ3v) is 6.83. The van der Waals surface area contributed by atoms with Gasteiger partial charge in [-0.3, -0.25) is 4.79 Å². The molecular formula is C24H22F3NO5S. The summed E-state index contributed by atoms with van der Waals surface area (Å²) in [4.78, 5) is 12.6. The number of benzene rings is 3. The predicted molar refractivity (Wildman–Crippen MR) is 121 cm³/mol. The van der Waals surface area contributed by atoms with E-state index in [1.807, 2.05) is 0 Å². The van der Waals surface area contributed by atoms with Gasteiger partial charge in [-0.2, -0.15) is 0 Å². The van der Waals surface area contributed by atoms with Crippen molar-refractivity contribution in [3.63, 3.8) is 0 Å². The lowest BCUT2D eigenvalue weighted by Crippen LogP contribution is -2.21. The van der Waals surface area contributed by atoms with Crippen LogP contribution in [-0.4, -0.2) is 31.5 Å². The van der Waals surface area contributed by atoms with Crippen LogP contribution in [0.2, 0.25) is 0 Å². The Balaban J connectivity index is 1.78. The molecule has 1 atom stereocenters. The second-order valence-electron chi connectivity index (χ2n) is 7.44.